The van der Waals surface area contributed by atoms with E-state index in [1.165, 1.54) is 0 Å². The zero-order valence-electron chi connectivity index (χ0n) is 6.29. The first-order valence-electron chi connectivity index (χ1n) is 3.40. The van der Waals surface area contributed by atoms with E-state index in [4.69, 9.17) is 0 Å². The molecule has 0 aliphatic carbocycles. The Kier molecular flexibility index (Phi) is 1.90. The van der Waals surface area contributed by atoms with Crippen LogP contribution in [-0.2, 0) is 6.54 Å². The average molecular weight is 137 g/mol. The fourth-order valence-electron chi connectivity index (χ4n) is 1.03. The molecule has 1 aromatic rings. The lowest BCUT2D eigenvalue weighted by molar-refractivity contribution is 0.111. The molecule has 0 atom stereocenters. The van der Waals surface area contributed by atoms with Gasteiger partial charge in [-0.25, -0.2) is 0 Å². The van der Waals surface area contributed by atoms with Crippen LogP contribution in [0.3, 0.4) is 0 Å². The van der Waals surface area contributed by atoms with Crippen LogP contribution >= 0.6 is 0 Å². The summed E-state index contributed by atoms with van der Waals surface area (Å²) in [7, 11) is 0. The molecule has 0 spiro atoms. The van der Waals surface area contributed by atoms with Crippen molar-refractivity contribution in [2.75, 3.05) is 0 Å². The van der Waals surface area contributed by atoms with Gasteiger partial charge < -0.3 is 4.57 Å². The normalized spacial score (nSPS) is 9.80. The van der Waals surface area contributed by atoms with Crippen LogP contribution in [0.15, 0.2) is 12.3 Å². The number of rotatable bonds is 2. The predicted octanol–water partition coefficient (Wildman–Crippen LogP) is 1.63. The Bertz CT molecular complexity index is 237. The highest BCUT2D eigenvalue weighted by atomic mass is 16.1. The number of aryl methyl sites for hydroxylation is 2. The van der Waals surface area contributed by atoms with E-state index in [1.54, 1.807) is 0 Å². The van der Waals surface area contributed by atoms with E-state index in [1.807, 2.05) is 30.7 Å². The second-order valence-corrected chi connectivity index (χ2v) is 2.29. The summed E-state index contributed by atoms with van der Waals surface area (Å²) in [6.45, 7) is 4.82. The van der Waals surface area contributed by atoms with Crippen LogP contribution < -0.4 is 0 Å². The molecule has 1 rings (SSSR count). The SMILES string of the molecule is CCn1ccc(C)c1C=O. The van der Waals surface area contributed by atoms with Gasteiger partial charge in [-0.05, 0) is 25.5 Å². The number of nitrogens with zero attached hydrogens (tertiary/aromatic N) is 1. The minimum absolute atomic E-state index is 0.794. The van der Waals surface area contributed by atoms with Crippen LogP contribution in [0.1, 0.15) is 23.0 Å². The molecule has 1 heterocycles. The number of hydrogen-bond donors (Lipinski definition) is 0. The topological polar surface area (TPSA) is 22.0 Å². The van der Waals surface area contributed by atoms with Crippen molar-refractivity contribution in [1.82, 2.24) is 4.57 Å². The summed E-state index contributed by atoms with van der Waals surface area (Å²) in [5.74, 6) is 0. The van der Waals surface area contributed by atoms with E-state index < -0.39 is 0 Å². The zero-order valence-corrected chi connectivity index (χ0v) is 6.29. The van der Waals surface area contributed by atoms with Crippen molar-refractivity contribution in [3.63, 3.8) is 0 Å². The van der Waals surface area contributed by atoms with Gasteiger partial charge in [0.05, 0.1) is 5.69 Å². The molecule has 0 aliphatic heterocycles. The first-order chi connectivity index (χ1) is 4.79. The summed E-state index contributed by atoms with van der Waals surface area (Å²) < 4.78 is 1.93. The summed E-state index contributed by atoms with van der Waals surface area (Å²) in [5, 5.41) is 0. The van der Waals surface area contributed by atoms with E-state index in [-0.39, 0.29) is 0 Å². The van der Waals surface area contributed by atoms with Crippen molar-refractivity contribution >= 4 is 6.29 Å². The molecule has 0 unspecified atom stereocenters. The molecule has 0 aromatic carbocycles. The number of carbonyl (C=O) groups excluding carboxylic acids is 1. The number of aromatic nitrogens is 1. The zero-order chi connectivity index (χ0) is 7.56. The lowest BCUT2D eigenvalue weighted by Crippen LogP contribution is -1.98. The molecule has 0 aliphatic rings. The Balaban J connectivity index is 3.12. The third kappa shape index (κ3) is 0.967. The van der Waals surface area contributed by atoms with E-state index in [2.05, 4.69) is 0 Å². The van der Waals surface area contributed by atoms with Gasteiger partial charge in [0.1, 0.15) is 0 Å². The van der Waals surface area contributed by atoms with Gasteiger partial charge in [-0.3, -0.25) is 4.79 Å². The molecule has 1 aromatic heterocycles. The smallest absolute Gasteiger partial charge is 0.166 e. The lowest BCUT2D eigenvalue weighted by Gasteiger charge is -1.98. The van der Waals surface area contributed by atoms with E-state index in [0.29, 0.717) is 0 Å². The molecular weight excluding hydrogens is 126 g/mol. The molecule has 2 heteroatoms. The van der Waals surface area contributed by atoms with Crippen LogP contribution in [0, 0.1) is 6.92 Å². The number of aldehydes is 1. The first-order valence-corrected chi connectivity index (χ1v) is 3.40. The largest absolute Gasteiger partial charge is 0.345 e. The second-order valence-electron chi connectivity index (χ2n) is 2.29. The third-order valence-electron chi connectivity index (χ3n) is 1.67. The third-order valence-corrected chi connectivity index (χ3v) is 1.67. The Labute approximate surface area is 60.5 Å². The second kappa shape index (κ2) is 2.69. The fourth-order valence-corrected chi connectivity index (χ4v) is 1.03. The van der Waals surface area contributed by atoms with Crippen molar-refractivity contribution in [1.29, 1.82) is 0 Å². The standard InChI is InChI=1S/C8H11NO/c1-3-9-5-4-7(2)8(9)6-10/h4-6H,3H2,1-2H3. The molecule has 10 heavy (non-hydrogen) atoms. The van der Waals surface area contributed by atoms with E-state index in [0.717, 1.165) is 24.1 Å². The molecule has 0 fully saturated rings. The molecule has 0 saturated heterocycles. The fraction of sp³-hybridized carbons (Fsp3) is 0.375. The minimum Gasteiger partial charge on any atom is -0.345 e. The minimum atomic E-state index is 0.794. The maximum atomic E-state index is 10.4. The number of carbonyl (C=O) groups is 1. The number of hydrogen-bond acceptors (Lipinski definition) is 1. The first kappa shape index (κ1) is 7.06. The molecule has 0 radical (unpaired) electrons. The van der Waals surface area contributed by atoms with Crippen molar-refractivity contribution in [3.8, 4) is 0 Å². The van der Waals surface area contributed by atoms with E-state index in [9.17, 15) is 4.79 Å². The van der Waals surface area contributed by atoms with Gasteiger partial charge in [0.15, 0.2) is 6.29 Å². The van der Waals surface area contributed by atoms with Gasteiger partial charge in [-0.1, -0.05) is 0 Å². The van der Waals surface area contributed by atoms with E-state index >= 15 is 0 Å². The van der Waals surface area contributed by atoms with Crippen LogP contribution in [-0.4, -0.2) is 10.9 Å². The highest BCUT2D eigenvalue weighted by Crippen LogP contribution is 2.06. The Morgan fingerprint density at radius 2 is 2.40 bits per heavy atom. The van der Waals surface area contributed by atoms with Gasteiger partial charge in [0.2, 0.25) is 0 Å². The Morgan fingerprint density at radius 3 is 2.80 bits per heavy atom. The lowest BCUT2D eigenvalue weighted by atomic mass is 10.3. The summed E-state index contributed by atoms with van der Waals surface area (Å²) in [6, 6.07) is 1.95. The van der Waals surface area contributed by atoms with Gasteiger partial charge in [0.25, 0.3) is 0 Å². The highest BCUT2D eigenvalue weighted by molar-refractivity contribution is 5.74. The molecule has 0 amide bonds. The maximum Gasteiger partial charge on any atom is 0.166 e. The van der Waals surface area contributed by atoms with Gasteiger partial charge in [0, 0.05) is 12.7 Å². The summed E-state index contributed by atoms with van der Waals surface area (Å²) in [6.07, 6.45) is 2.83. The van der Waals surface area contributed by atoms with Crippen LogP contribution in [0.5, 0.6) is 0 Å². The van der Waals surface area contributed by atoms with Crippen molar-refractivity contribution < 1.29 is 4.79 Å². The molecule has 0 N–H and O–H groups in total. The summed E-state index contributed by atoms with van der Waals surface area (Å²) in [4.78, 5) is 10.4. The molecule has 2 nitrogen and oxygen atoms in total. The van der Waals surface area contributed by atoms with Crippen LogP contribution in [0.25, 0.3) is 0 Å². The monoisotopic (exact) mass is 137 g/mol. The maximum absolute atomic E-state index is 10.4. The average Bonchev–Trinajstić information content (AvgIpc) is 2.30. The van der Waals surface area contributed by atoms with Crippen LogP contribution in [0.2, 0.25) is 0 Å². The molecular formula is C8H11NO. The van der Waals surface area contributed by atoms with Crippen LogP contribution in [0.4, 0.5) is 0 Å². The summed E-state index contributed by atoms with van der Waals surface area (Å²) >= 11 is 0. The highest BCUT2D eigenvalue weighted by Gasteiger charge is 2.00. The van der Waals surface area contributed by atoms with Crippen molar-refractivity contribution in [2.24, 2.45) is 0 Å². The quantitative estimate of drug-likeness (QED) is 0.568. The van der Waals surface area contributed by atoms with Crippen molar-refractivity contribution in [3.05, 3.63) is 23.5 Å². The Hall–Kier alpha value is -1.05. The molecule has 54 valence electrons. The Morgan fingerprint density at radius 1 is 1.70 bits per heavy atom. The molecule has 0 bridgehead atoms. The van der Waals surface area contributed by atoms with Gasteiger partial charge in [-0.2, -0.15) is 0 Å². The summed E-state index contributed by atoms with van der Waals surface area (Å²) in [5.41, 5.74) is 1.85. The van der Waals surface area contributed by atoms with Crippen molar-refractivity contribution in [2.45, 2.75) is 20.4 Å². The predicted molar refractivity (Wildman–Crippen MR) is 40.2 cm³/mol. The molecule has 0 saturated carbocycles. The van der Waals surface area contributed by atoms with Gasteiger partial charge >= 0.3 is 0 Å². The van der Waals surface area contributed by atoms with Gasteiger partial charge in [-0.15, -0.1) is 0 Å².